The highest BCUT2D eigenvalue weighted by Crippen LogP contribution is 2.45. The van der Waals surface area contributed by atoms with Crippen LogP contribution in [0.3, 0.4) is 0 Å². The highest BCUT2D eigenvalue weighted by molar-refractivity contribution is 7.56. The van der Waals surface area contributed by atoms with Gasteiger partial charge in [0.25, 0.3) is 0 Å². The Hall–Kier alpha value is -1.45. The zero-order valence-electron chi connectivity index (χ0n) is 7.65. The van der Waals surface area contributed by atoms with Crippen LogP contribution in [-0.4, -0.2) is 23.1 Å². The molecule has 0 saturated carbocycles. The maximum atomic E-state index is 11.4. The molecular formula is C9H9O5P. The molecule has 0 amide bonds. The van der Waals surface area contributed by atoms with Gasteiger partial charge in [0.2, 0.25) is 0 Å². The summed E-state index contributed by atoms with van der Waals surface area (Å²) in [7, 11) is -4.26. The number of hydrogen-bond donors (Lipinski definition) is 1. The normalized spacial score (nSPS) is 14.3. The van der Waals surface area contributed by atoms with Gasteiger partial charge in [-0.3, -0.25) is 0 Å². The third kappa shape index (κ3) is 3.01. The predicted octanol–water partition coefficient (Wildman–Crippen LogP) is 1.02. The van der Waals surface area contributed by atoms with Gasteiger partial charge >= 0.3 is 7.60 Å². The van der Waals surface area contributed by atoms with Crippen molar-refractivity contribution in [2.75, 3.05) is 0 Å². The van der Waals surface area contributed by atoms with Crippen LogP contribution in [0.25, 0.3) is 0 Å². The van der Waals surface area contributed by atoms with Crippen molar-refractivity contribution in [2.45, 2.75) is 5.66 Å². The van der Waals surface area contributed by atoms with Gasteiger partial charge in [0, 0.05) is 0 Å². The topological polar surface area (TPSA) is 80.7 Å². The number of hydrogen-bond acceptors (Lipinski definition) is 4. The van der Waals surface area contributed by atoms with Crippen LogP contribution in [0.2, 0.25) is 0 Å². The maximum absolute atomic E-state index is 11.4. The first-order chi connectivity index (χ1) is 7.10. The molecule has 1 N–H and O–H groups in total. The van der Waals surface area contributed by atoms with Crippen molar-refractivity contribution in [3.05, 3.63) is 30.3 Å². The van der Waals surface area contributed by atoms with E-state index >= 15 is 0 Å². The average molecular weight is 228 g/mol. The monoisotopic (exact) mass is 228 g/mol. The van der Waals surface area contributed by atoms with Crippen molar-refractivity contribution in [1.29, 1.82) is 0 Å². The fraction of sp³-hybridized carbons (Fsp3) is 0.111. The molecule has 1 aromatic carbocycles. The summed E-state index contributed by atoms with van der Waals surface area (Å²) < 4.78 is 16.1. The van der Waals surface area contributed by atoms with E-state index in [9.17, 15) is 19.0 Å². The Balaban J connectivity index is 2.85. The van der Waals surface area contributed by atoms with E-state index in [0.717, 1.165) is 0 Å². The molecule has 1 unspecified atom stereocenters. The van der Waals surface area contributed by atoms with Crippen LogP contribution in [0.1, 0.15) is 0 Å². The Labute approximate surface area is 86.2 Å². The van der Waals surface area contributed by atoms with E-state index < -0.39 is 13.3 Å². The van der Waals surface area contributed by atoms with Gasteiger partial charge in [-0.1, -0.05) is 18.2 Å². The second-order valence-corrected chi connectivity index (χ2v) is 4.64. The fourth-order valence-electron chi connectivity index (χ4n) is 0.879. The zero-order valence-corrected chi connectivity index (χ0v) is 8.54. The molecule has 0 aliphatic heterocycles. The van der Waals surface area contributed by atoms with Crippen LogP contribution >= 0.6 is 7.60 Å². The highest BCUT2D eigenvalue weighted by atomic mass is 31.2. The largest absolute Gasteiger partial charge is 0.424 e. The Bertz CT molecular complexity index is 381. The summed E-state index contributed by atoms with van der Waals surface area (Å²) in [5.74, 6) is 0.136. The van der Waals surface area contributed by atoms with E-state index in [4.69, 9.17) is 4.52 Å². The van der Waals surface area contributed by atoms with Gasteiger partial charge in [0.1, 0.15) is 18.3 Å². The molecule has 6 heteroatoms. The van der Waals surface area contributed by atoms with E-state index in [1.165, 1.54) is 12.1 Å². The molecule has 15 heavy (non-hydrogen) atoms. The number of rotatable bonds is 5. The van der Waals surface area contributed by atoms with Crippen molar-refractivity contribution >= 4 is 20.2 Å². The van der Waals surface area contributed by atoms with Crippen molar-refractivity contribution in [1.82, 2.24) is 0 Å². The minimum atomic E-state index is -4.26. The number of benzene rings is 1. The van der Waals surface area contributed by atoms with Crippen LogP contribution in [0.4, 0.5) is 0 Å². The fourth-order valence-corrected chi connectivity index (χ4v) is 1.73. The molecule has 80 valence electrons. The summed E-state index contributed by atoms with van der Waals surface area (Å²) >= 11 is 0. The Kier molecular flexibility index (Phi) is 3.77. The van der Waals surface area contributed by atoms with E-state index in [-0.39, 0.29) is 18.3 Å². The first-order valence-corrected chi connectivity index (χ1v) is 5.72. The SMILES string of the molecule is O=CC(C=O)P(=O)(O)Oc1ccccc1. The molecule has 0 heterocycles. The Morgan fingerprint density at radius 2 is 1.73 bits per heavy atom. The molecule has 0 radical (unpaired) electrons. The number of carbonyl (C=O) groups is 2. The van der Waals surface area contributed by atoms with Gasteiger partial charge in [0.05, 0.1) is 0 Å². The summed E-state index contributed by atoms with van der Waals surface area (Å²) in [4.78, 5) is 30.0. The molecule has 0 saturated heterocycles. The zero-order chi connectivity index (χ0) is 11.3. The van der Waals surface area contributed by atoms with Crippen molar-refractivity contribution < 1.29 is 23.6 Å². The maximum Gasteiger partial charge on any atom is 0.393 e. The Morgan fingerprint density at radius 3 is 2.20 bits per heavy atom. The number of aldehydes is 2. The second-order valence-electron chi connectivity index (χ2n) is 2.73. The standard InChI is InChI=1S/C9H9O5P/c10-6-9(7-11)15(12,13)14-8-4-2-1-3-5-8/h1-7,9H,(H,12,13). The number of carbonyl (C=O) groups excluding carboxylic acids is 2. The van der Waals surface area contributed by atoms with Crippen molar-refractivity contribution in [3.63, 3.8) is 0 Å². The van der Waals surface area contributed by atoms with E-state index in [1.54, 1.807) is 18.2 Å². The lowest BCUT2D eigenvalue weighted by Crippen LogP contribution is -2.15. The van der Waals surface area contributed by atoms with E-state index in [0.29, 0.717) is 0 Å². The van der Waals surface area contributed by atoms with Gasteiger partial charge in [-0.05, 0) is 12.1 Å². The van der Waals surface area contributed by atoms with Crippen LogP contribution < -0.4 is 4.52 Å². The highest BCUT2D eigenvalue weighted by Gasteiger charge is 2.33. The molecule has 0 aromatic heterocycles. The van der Waals surface area contributed by atoms with Crippen molar-refractivity contribution in [2.24, 2.45) is 0 Å². The summed E-state index contributed by atoms with van der Waals surface area (Å²) in [5, 5.41) is 0. The third-order valence-electron chi connectivity index (χ3n) is 1.64. The lowest BCUT2D eigenvalue weighted by Gasteiger charge is -2.14. The first-order valence-electron chi connectivity index (χ1n) is 4.08. The molecule has 0 spiro atoms. The van der Waals surface area contributed by atoms with E-state index in [1.807, 2.05) is 0 Å². The lowest BCUT2D eigenvalue weighted by molar-refractivity contribution is -0.114. The molecule has 0 aliphatic carbocycles. The first kappa shape index (κ1) is 11.6. The van der Waals surface area contributed by atoms with Crippen molar-refractivity contribution in [3.8, 4) is 5.75 Å². The number of para-hydroxylation sites is 1. The summed E-state index contributed by atoms with van der Waals surface area (Å²) in [6, 6.07) is 7.81. The van der Waals surface area contributed by atoms with Crippen LogP contribution in [0.5, 0.6) is 5.75 Å². The molecule has 0 bridgehead atoms. The molecule has 5 nitrogen and oxygen atoms in total. The van der Waals surface area contributed by atoms with Gasteiger partial charge in [-0.15, -0.1) is 0 Å². The molecule has 1 atom stereocenters. The molecule has 1 aromatic rings. The summed E-state index contributed by atoms with van der Waals surface area (Å²) in [5.41, 5.74) is -1.64. The minimum Gasteiger partial charge on any atom is -0.424 e. The lowest BCUT2D eigenvalue weighted by atomic mass is 10.3. The summed E-state index contributed by atoms with van der Waals surface area (Å²) in [6.07, 6.45) is 0.188. The molecule has 0 aliphatic rings. The average Bonchev–Trinajstić information content (AvgIpc) is 2.19. The van der Waals surface area contributed by atoms with Crippen LogP contribution in [-0.2, 0) is 14.2 Å². The molecule has 1 rings (SSSR count). The van der Waals surface area contributed by atoms with Crippen LogP contribution in [0, 0.1) is 0 Å². The molecular weight excluding hydrogens is 219 g/mol. The van der Waals surface area contributed by atoms with Gasteiger partial charge in [-0.25, -0.2) is 4.57 Å². The van der Waals surface area contributed by atoms with Gasteiger partial charge in [-0.2, -0.15) is 0 Å². The third-order valence-corrected chi connectivity index (χ3v) is 3.10. The van der Waals surface area contributed by atoms with Gasteiger partial charge < -0.3 is 19.0 Å². The quantitative estimate of drug-likeness (QED) is 0.462. The van der Waals surface area contributed by atoms with E-state index in [2.05, 4.69) is 0 Å². The second kappa shape index (κ2) is 4.87. The molecule has 0 fully saturated rings. The minimum absolute atomic E-state index is 0.0940. The summed E-state index contributed by atoms with van der Waals surface area (Å²) in [6.45, 7) is 0. The predicted molar refractivity (Wildman–Crippen MR) is 52.8 cm³/mol. The van der Waals surface area contributed by atoms with Gasteiger partial charge in [0.15, 0.2) is 5.66 Å². The Morgan fingerprint density at radius 1 is 1.20 bits per heavy atom. The smallest absolute Gasteiger partial charge is 0.393 e. The van der Waals surface area contributed by atoms with Crippen LogP contribution in [0.15, 0.2) is 30.3 Å².